The summed E-state index contributed by atoms with van der Waals surface area (Å²) in [7, 11) is 0. The molecule has 0 atom stereocenters. The third-order valence-electron chi connectivity index (χ3n) is 6.29. The van der Waals surface area contributed by atoms with E-state index in [9.17, 15) is 0 Å². The number of para-hydroxylation sites is 8. The molecule has 0 aliphatic rings. The third-order valence-corrected chi connectivity index (χ3v) is 6.29. The Bertz CT molecular complexity index is 1650. The molecule has 0 aliphatic carbocycles. The van der Waals surface area contributed by atoms with Gasteiger partial charge in [-0.1, -0.05) is 48.5 Å². The van der Waals surface area contributed by atoms with E-state index < -0.39 is 0 Å². The molecule has 0 bridgehead atoms. The van der Waals surface area contributed by atoms with Crippen LogP contribution in [0.3, 0.4) is 0 Å². The van der Waals surface area contributed by atoms with Crippen LogP contribution >= 0.6 is 0 Å². The fourth-order valence-corrected chi connectivity index (χ4v) is 4.55. The Hall–Kier alpha value is -0.774. The number of nitrogens with one attached hydrogen (secondary N) is 8. The maximum atomic E-state index is 3.20. The van der Waals surface area contributed by atoms with E-state index >= 15 is 0 Å². The molecule has 8 N–H and O–H groups in total. The van der Waals surface area contributed by atoms with Crippen LogP contribution < -0.4 is 19.9 Å². The fraction of sp³-hybridized carbons (Fsp3) is 0.125. The molecule has 4 aromatic carbocycles. The molecule has 0 unspecified atom stereocenters. The molecule has 0 fully saturated rings. The topological polar surface area (TPSA) is 861 Å². The summed E-state index contributed by atoms with van der Waals surface area (Å²) in [4.78, 5) is 25.6. The van der Waals surface area contributed by atoms with Gasteiger partial charge in [-0.3, -0.25) is 0 Å². The number of hydrogen-bond donors (Lipinski definition) is 4. The molecule has 0 spiro atoms. The zero-order valence-corrected chi connectivity index (χ0v) is 53.2. The van der Waals surface area contributed by atoms with Crippen LogP contribution in [0.15, 0.2) is 97.1 Å². The zero-order chi connectivity index (χ0) is 27.9. The fourth-order valence-electron chi connectivity index (χ4n) is 4.55. The van der Waals surface area contributed by atoms with Gasteiger partial charge in [-0.05, 0) is 48.5 Å². The van der Waals surface area contributed by atoms with Crippen molar-refractivity contribution in [3.05, 3.63) is 120 Å². The van der Waals surface area contributed by atoms with E-state index in [1.165, 1.54) is 44.1 Å². The number of aryl methyl sites for hydroxylation is 4. The van der Waals surface area contributed by atoms with Crippen molar-refractivity contribution in [2.24, 2.45) is 0 Å². The molecule has 4 heterocycles. The van der Waals surface area contributed by atoms with Gasteiger partial charge in [0.25, 0.3) is 0 Å². The number of aromatic nitrogens is 8. The van der Waals surface area contributed by atoms with Crippen molar-refractivity contribution in [3.8, 4) is 0 Å². The standard InChI is InChI=1S/4C8H8N2.8Mo.26O/c4*1-6-9-7-4-2-3-5-8(7)10-6;;;;;;;;;;;;;;;;;;;;;;;;;;;;;;;;;;/h4*2-5H,1H3,(H,9,10);;;;;;;;;;;;;;;;;;;;;;;;;;;;;;;;;;/q;;;;;;;;;;;;26*-2/p+4. The minimum Gasteiger partial charge on any atom is -2.00 e. The molecule has 456 valence electrons. The van der Waals surface area contributed by atoms with Gasteiger partial charge in [0.1, 0.15) is 0 Å². The summed E-state index contributed by atoms with van der Waals surface area (Å²) < 4.78 is 0. The van der Waals surface area contributed by atoms with E-state index in [2.05, 4.69) is 88.4 Å². The van der Waals surface area contributed by atoms with Crippen molar-refractivity contribution in [3.63, 3.8) is 0 Å². The van der Waals surface area contributed by atoms with Gasteiger partial charge >= 0.3 is 0 Å². The molecule has 8 rings (SSSR count). The van der Waals surface area contributed by atoms with E-state index in [1.807, 2.05) is 76.2 Å². The molecule has 42 heteroatoms. The van der Waals surface area contributed by atoms with Crippen LogP contribution in [0.25, 0.3) is 44.1 Å². The summed E-state index contributed by atoms with van der Waals surface area (Å²) in [6.07, 6.45) is 0. The van der Waals surface area contributed by atoms with Crippen LogP contribution in [-0.2, 0) is 311 Å². The van der Waals surface area contributed by atoms with Gasteiger partial charge < -0.3 is 142 Å². The van der Waals surface area contributed by atoms with Crippen LogP contribution in [-0.4, -0.2) is 19.9 Å². The Morgan fingerprint density at radius 3 is 0.419 bits per heavy atom. The Morgan fingerprint density at radius 2 is 0.311 bits per heavy atom. The van der Waals surface area contributed by atoms with Crippen molar-refractivity contribution in [1.29, 1.82) is 0 Å². The van der Waals surface area contributed by atoms with Gasteiger partial charge in [0.05, 0.1) is 0 Å². The normalized spacial score (nSPS) is 5.68. The van der Waals surface area contributed by atoms with Gasteiger partial charge in [-0.15, -0.1) is 0 Å². The number of hydrogen-bond acceptors (Lipinski definition) is 0. The minimum atomic E-state index is 0. The predicted octanol–water partition coefficient (Wildman–Crippen LogP) is 2.05. The number of imidazole rings is 4. The van der Waals surface area contributed by atoms with Crippen LogP contribution in [0.4, 0.5) is 0 Å². The number of H-pyrrole nitrogens is 8. The molecule has 0 amide bonds. The quantitative estimate of drug-likeness (QED) is 0.159. The van der Waals surface area contributed by atoms with Gasteiger partial charge in [0.15, 0.2) is 44.1 Å². The van der Waals surface area contributed by atoms with Crippen LogP contribution in [0.2, 0.25) is 0 Å². The number of fused-ring (bicyclic) bond motifs is 4. The monoisotopic (exact) mass is 1730 g/mol. The summed E-state index contributed by atoms with van der Waals surface area (Å²) in [5, 5.41) is 0. The minimum absolute atomic E-state index is 0. The first-order valence-electron chi connectivity index (χ1n) is 13.3. The van der Waals surface area contributed by atoms with Gasteiger partial charge in [-0.25, -0.2) is 39.9 Å². The molecule has 0 saturated heterocycles. The largest absolute Gasteiger partial charge is 2.00 e. The molecular weight excluding hydrogens is 1680 g/mol. The summed E-state index contributed by atoms with van der Waals surface area (Å²) >= 11 is 0. The van der Waals surface area contributed by atoms with E-state index in [-0.39, 0.29) is 311 Å². The molecule has 0 radical (unpaired) electrons. The van der Waals surface area contributed by atoms with Gasteiger partial charge in [-0.2, -0.15) is 0 Å². The molecule has 0 aliphatic heterocycles. The summed E-state index contributed by atoms with van der Waals surface area (Å²) in [5.41, 5.74) is 9.33. The van der Waals surface area contributed by atoms with Gasteiger partial charge in [0, 0.05) is 196 Å². The number of rotatable bonds is 0. The Labute approximate surface area is 537 Å². The van der Waals surface area contributed by atoms with Crippen LogP contribution in [0.5, 0.6) is 0 Å². The molecule has 4 aromatic heterocycles. The second-order valence-corrected chi connectivity index (χ2v) is 9.68. The zero-order valence-electron chi connectivity index (χ0n) is 37.1. The van der Waals surface area contributed by atoms with Crippen molar-refractivity contribution < 1.29 is 331 Å². The van der Waals surface area contributed by atoms with Crippen LogP contribution in [0.1, 0.15) is 23.3 Å². The van der Waals surface area contributed by atoms with E-state index in [0.29, 0.717) is 0 Å². The maximum Gasteiger partial charge on any atom is 0.249 e. The average molecular weight is 1720 g/mol. The van der Waals surface area contributed by atoms with Crippen molar-refractivity contribution >= 4 is 44.1 Å². The summed E-state index contributed by atoms with van der Waals surface area (Å²) in [6.45, 7) is 8.06. The predicted molar refractivity (Wildman–Crippen MR) is 176 cm³/mol. The second-order valence-electron chi connectivity index (χ2n) is 9.68. The molecule has 74 heavy (non-hydrogen) atoms. The number of aromatic amines is 8. The van der Waals surface area contributed by atoms with Crippen LogP contribution in [0, 0.1) is 27.7 Å². The Morgan fingerprint density at radius 1 is 0.203 bits per heavy atom. The maximum absolute atomic E-state index is 3.20. The molecule has 0 saturated carbocycles. The molecule has 8 aromatic rings. The Kier molecular flexibility index (Phi) is 289. The second kappa shape index (κ2) is 104. The Balaban J connectivity index is -0.0000000108. The SMILES string of the molecule is Cc1[nH]c2ccccc2[nH+]1.Cc1[nH]c2ccccc2[nH+]1.Cc1[nH]c2ccccc2[nH+]1.Cc1[nH]c2ccccc2[nH+]1.[Mo].[Mo].[Mo].[Mo].[Mo].[Mo].[Mo].[Mo].[O-2].[O-2].[O-2].[O-2].[O-2].[O-2].[O-2].[O-2].[O-2].[O-2].[O-2].[O-2].[O-2].[O-2].[O-2].[O-2].[O-2].[O-2].[O-2].[O-2].[O-2].[O-2].[O-2].[O-2].[O-2].[O-2]. The average Bonchev–Trinajstić information content (AvgIpc) is 3.71. The van der Waals surface area contributed by atoms with Crippen molar-refractivity contribution in [2.75, 3.05) is 0 Å². The van der Waals surface area contributed by atoms with Crippen molar-refractivity contribution in [1.82, 2.24) is 19.9 Å². The van der Waals surface area contributed by atoms with E-state index in [1.54, 1.807) is 0 Å². The first-order chi connectivity index (χ1) is 19.4. The first kappa shape index (κ1) is 204. The van der Waals surface area contributed by atoms with Gasteiger partial charge in [0.2, 0.25) is 23.3 Å². The summed E-state index contributed by atoms with van der Waals surface area (Å²) in [6, 6.07) is 32.6. The summed E-state index contributed by atoms with van der Waals surface area (Å²) in [5.74, 6) is 4.39. The molecular formula is C32H36Mo8N8O26-48. The molecule has 34 nitrogen and oxygen atoms in total. The van der Waals surface area contributed by atoms with E-state index in [0.717, 1.165) is 23.3 Å². The van der Waals surface area contributed by atoms with E-state index in [4.69, 9.17) is 0 Å². The third kappa shape index (κ3) is 62.1. The van der Waals surface area contributed by atoms with Crippen molar-refractivity contribution in [2.45, 2.75) is 27.7 Å². The smallest absolute Gasteiger partial charge is 0.249 e. The number of benzene rings is 4. The first-order valence-corrected chi connectivity index (χ1v) is 13.3.